The number of nitrogens with zero attached hydrogens (tertiary/aromatic N) is 2. The van der Waals surface area contributed by atoms with Crippen LogP contribution in [0.4, 0.5) is 11.4 Å². The summed E-state index contributed by atoms with van der Waals surface area (Å²) in [6, 6.07) is 36.7. The van der Waals surface area contributed by atoms with Gasteiger partial charge in [0.1, 0.15) is 0 Å². The molecular formula is C36H36N2. The number of benzene rings is 5. The molecule has 0 radical (unpaired) electrons. The minimum atomic E-state index is 1.18. The molecule has 2 nitrogen and oxygen atoms in total. The standard InChI is InChI=1S/C36H36N2/c1-7-23-37(24-8-1)29-19-15-27(16-20-29)35-31-11-3-5-13-33(31)36(34-14-6-4-12-32(34)35)28-17-21-30(22-18-28)38-25-9-2-10-26-38/h3-6,11-22H,1-2,7-10,23-26H2. The highest BCUT2D eigenvalue weighted by Crippen LogP contribution is 2.44. The third kappa shape index (κ3) is 4.22. The van der Waals surface area contributed by atoms with Gasteiger partial charge in [0, 0.05) is 37.6 Å². The number of rotatable bonds is 4. The van der Waals surface area contributed by atoms with Crippen LogP contribution in [0.5, 0.6) is 0 Å². The summed E-state index contributed by atoms with van der Waals surface area (Å²) in [5.74, 6) is 0. The average Bonchev–Trinajstić information content (AvgIpc) is 3.01. The summed E-state index contributed by atoms with van der Waals surface area (Å²) in [4.78, 5) is 5.08. The monoisotopic (exact) mass is 496 g/mol. The second-order valence-corrected chi connectivity index (χ2v) is 11.0. The summed E-state index contributed by atoms with van der Waals surface area (Å²) in [7, 11) is 0. The third-order valence-corrected chi connectivity index (χ3v) is 8.69. The second kappa shape index (κ2) is 10.2. The van der Waals surface area contributed by atoms with Crippen LogP contribution in [0.3, 0.4) is 0 Å². The van der Waals surface area contributed by atoms with Crippen molar-refractivity contribution in [3.05, 3.63) is 97.1 Å². The highest BCUT2D eigenvalue weighted by atomic mass is 15.1. The van der Waals surface area contributed by atoms with Gasteiger partial charge in [-0.1, -0.05) is 72.8 Å². The first-order chi connectivity index (χ1) is 18.9. The molecule has 0 N–H and O–H groups in total. The van der Waals surface area contributed by atoms with Crippen molar-refractivity contribution in [3.8, 4) is 22.3 Å². The average molecular weight is 497 g/mol. The Kier molecular flexibility index (Phi) is 6.25. The quantitative estimate of drug-likeness (QED) is 0.229. The molecule has 2 saturated heterocycles. The third-order valence-electron chi connectivity index (χ3n) is 8.69. The molecule has 7 rings (SSSR count). The van der Waals surface area contributed by atoms with Crippen LogP contribution >= 0.6 is 0 Å². The molecule has 0 unspecified atom stereocenters. The number of piperidine rings is 2. The molecule has 5 aromatic rings. The lowest BCUT2D eigenvalue weighted by atomic mass is 9.86. The van der Waals surface area contributed by atoms with E-state index in [1.54, 1.807) is 0 Å². The smallest absolute Gasteiger partial charge is 0.0366 e. The van der Waals surface area contributed by atoms with Crippen LogP contribution in [0.15, 0.2) is 97.1 Å². The van der Waals surface area contributed by atoms with E-state index in [-0.39, 0.29) is 0 Å². The predicted molar refractivity (Wildman–Crippen MR) is 164 cm³/mol. The summed E-state index contributed by atoms with van der Waals surface area (Å²) < 4.78 is 0. The molecule has 0 amide bonds. The van der Waals surface area contributed by atoms with Crippen LogP contribution in [0.1, 0.15) is 38.5 Å². The molecule has 2 aliphatic heterocycles. The van der Waals surface area contributed by atoms with Crippen LogP contribution < -0.4 is 9.80 Å². The molecule has 0 bridgehead atoms. The molecule has 0 aromatic heterocycles. The van der Waals surface area contributed by atoms with Crippen molar-refractivity contribution in [3.63, 3.8) is 0 Å². The predicted octanol–water partition coefficient (Wildman–Crippen LogP) is 9.31. The Balaban J connectivity index is 1.36. The first-order valence-corrected chi connectivity index (χ1v) is 14.5. The molecule has 2 fully saturated rings. The van der Waals surface area contributed by atoms with Gasteiger partial charge < -0.3 is 9.80 Å². The summed E-state index contributed by atoms with van der Waals surface area (Å²) in [5, 5.41) is 5.30. The van der Waals surface area contributed by atoms with Crippen LogP contribution in [0.2, 0.25) is 0 Å². The zero-order valence-corrected chi connectivity index (χ0v) is 22.2. The van der Waals surface area contributed by atoms with Crippen molar-refractivity contribution in [2.75, 3.05) is 36.0 Å². The van der Waals surface area contributed by atoms with Crippen LogP contribution in [-0.2, 0) is 0 Å². The van der Waals surface area contributed by atoms with E-state index < -0.39 is 0 Å². The van der Waals surface area contributed by atoms with Gasteiger partial charge >= 0.3 is 0 Å². The minimum absolute atomic E-state index is 1.18. The van der Waals surface area contributed by atoms with Gasteiger partial charge in [-0.05, 0) is 107 Å². The van der Waals surface area contributed by atoms with Gasteiger partial charge in [-0.15, -0.1) is 0 Å². The van der Waals surface area contributed by atoms with Crippen molar-refractivity contribution in [2.24, 2.45) is 0 Å². The Hall–Kier alpha value is -3.78. The molecule has 0 saturated carbocycles. The molecule has 2 heterocycles. The van der Waals surface area contributed by atoms with Crippen LogP contribution in [-0.4, -0.2) is 26.2 Å². The van der Waals surface area contributed by atoms with Gasteiger partial charge in [0.15, 0.2) is 0 Å². The molecule has 0 aliphatic carbocycles. The first-order valence-electron chi connectivity index (χ1n) is 14.5. The zero-order valence-electron chi connectivity index (χ0n) is 22.2. The molecule has 2 aliphatic rings. The topological polar surface area (TPSA) is 6.48 Å². The van der Waals surface area contributed by atoms with E-state index in [0.717, 1.165) is 0 Å². The summed E-state index contributed by atoms with van der Waals surface area (Å²) >= 11 is 0. The maximum Gasteiger partial charge on any atom is 0.0366 e. The largest absolute Gasteiger partial charge is 0.372 e. The van der Waals surface area contributed by atoms with Crippen molar-refractivity contribution in [1.29, 1.82) is 0 Å². The zero-order chi connectivity index (χ0) is 25.3. The fraction of sp³-hybridized carbons (Fsp3) is 0.278. The van der Waals surface area contributed by atoms with Gasteiger partial charge in [-0.2, -0.15) is 0 Å². The number of hydrogen-bond acceptors (Lipinski definition) is 2. The van der Waals surface area contributed by atoms with Gasteiger partial charge in [0.2, 0.25) is 0 Å². The highest BCUT2D eigenvalue weighted by molar-refractivity contribution is 6.21. The number of fused-ring (bicyclic) bond motifs is 2. The van der Waals surface area contributed by atoms with Crippen molar-refractivity contribution < 1.29 is 0 Å². The normalized spacial score (nSPS) is 16.3. The molecular weight excluding hydrogens is 460 g/mol. The van der Waals surface area contributed by atoms with Crippen LogP contribution in [0, 0.1) is 0 Å². The lowest BCUT2D eigenvalue weighted by Gasteiger charge is -2.29. The fourth-order valence-electron chi connectivity index (χ4n) is 6.73. The highest BCUT2D eigenvalue weighted by Gasteiger charge is 2.18. The molecule has 38 heavy (non-hydrogen) atoms. The molecule has 0 spiro atoms. The second-order valence-electron chi connectivity index (χ2n) is 11.0. The summed E-state index contributed by atoms with van der Waals surface area (Å²) in [5.41, 5.74) is 7.99. The Morgan fingerprint density at radius 1 is 0.342 bits per heavy atom. The van der Waals surface area contributed by atoms with E-state index in [1.807, 2.05) is 0 Å². The maximum absolute atomic E-state index is 2.54. The Morgan fingerprint density at radius 2 is 0.658 bits per heavy atom. The van der Waals surface area contributed by atoms with E-state index in [9.17, 15) is 0 Å². The van der Waals surface area contributed by atoms with Crippen molar-refractivity contribution in [2.45, 2.75) is 38.5 Å². The van der Waals surface area contributed by atoms with E-state index in [4.69, 9.17) is 0 Å². The molecule has 0 atom stereocenters. The molecule has 2 heteroatoms. The van der Waals surface area contributed by atoms with E-state index in [0.29, 0.717) is 0 Å². The lowest BCUT2D eigenvalue weighted by Crippen LogP contribution is -2.29. The lowest BCUT2D eigenvalue weighted by molar-refractivity contribution is 0.578. The Labute approximate surface area is 226 Å². The van der Waals surface area contributed by atoms with Gasteiger partial charge in [0.05, 0.1) is 0 Å². The van der Waals surface area contributed by atoms with Crippen molar-refractivity contribution in [1.82, 2.24) is 0 Å². The molecule has 5 aromatic carbocycles. The Bertz CT molecular complexity index is 1380. The molecule has 190 valence electrons. The SMILES string of the molecule is c1ccc2c(-c3ccc(N4CCCCC4)cc3)c3ccccc3c(-c3ccc(N4CCCCC4)cc3)c2c1. The minimum Gasteiger partial charge on any atom is -0.372 e. The van der Waals surface area contributed by atoms with E-state index in [2.05, 4.69) is 107 Å². The van der Waals surface area contributed by atoms with E-state index >= 15 is 0 Å². The number of hydrogen-bond donors (Lipinski definition) is 0. The summed E-state index contributed by atoms with van der Waals surface area (Å²) in [6.45, 7) is 4.71. The Morgan fingerprint density at radius 3 is 0.974 bits per heavy atom. The van der Waals surface area contributed by atoms with E-state index in [1.165, 1.54) is 120 Å². The van der Waals surface area contributed by atoms with Gasteiger partial charge in [-0.3, -0.25) is 0 Å². The van der Waals surface area contributed by atoms with Gasteiger partial charge in [-0.25, -0.2) is 0 Å². The van der Waals surface area contributed by atoms with Crippen molar-refractivity contribution >= 4 is 32.9 Å². The summed E-state index contributed by atoms with van der Waals surface area (Å²) in [6.07, 6.45) is 7.93. The fourth-order valence-corrected chi connectivity index (χ4v) is 6.73. The van der Waals surface area contributed by atoms with Crippen LogP contribution in [0.25, 0.3) is 43.8 Å². The maximum atomic E-state index is 2.54. The van der Waals surface area contributed by atoms with Gasteiger partial charge in [0.25, 0.3) is 0 Å². The first kappa shape index (κ1) is 23.3. The number of anilines is 2.